The Labute approximate surface area is 143 Å². The number of aryl methyl sites for hydroxylation is 1. The Morgan fingerprint density at radius 2 is 1.71 bits per heavy atom. The van der Waals surface area contributed by atoms with Gasteiger partial charge >= 0.3 is 0 Å². The minimum Gasteiger partial charge on any atom is -0.348 e. The Kier molecular flexibility index (Phi) is 6.13. The first kappa shape index (κ1) is 17.7. The first-order chi connectivity index (χ1) is 11.5. The number of hydrogen-bond donors (Lipinski definition) is 2. The second-order valence-electron chi connectivity index (χ2n) is 6.01. The van der Waals surface area contributed by atoms with Gasteiger partial charge in [-0.15, -0.1) is 0 Å². The number of anilines is 1. The van der Waals surface area contributed by atoms with Crippen LogP contribution in [0.2, 0.25) is 0 Å². The lowest BCUT2D eigenvalue weighted by atomic mass is 10.1. The standard InChI is InChI=1S/C20H24N2O2/c1-4-15(3)19(23)22-18-8-6-5-7-17(18)20(24)21-13-16-11-9-14(2)10-12-16/h5-12,15H,4,13H2,1-3H3,(H,21,24)(H,22,23). The van der Waals surface area contributed by atoms with Crippen LogP contribution in [0, 0.1) is 12.8 Å². The maximum atomic E-state index is 12.5. The topological polar surface area (TPSA) is 58.2 Å². The van der Waals surface area contributed by atoms with Gasteiger partial charge in [0, 0.05) is 12.5 Å². The van der Waals surface area contributed by atoms with Crippen molar-refractivity contribution in [2.45, 2.75) is 33.7 Å². The third kappa shape index (κ3) is 4.69. The number of benzene rings is 2. The molecule has 0 radical (unpaired) electrons. The average molecular weight is 324 g/mol. The van der Waals surface area contributed by atoms with Crippen molar-refractivity contribution in [3.63, 3.8) is 0 Å². The number of para-hydroxylation sites is 1. The Morgan fingerprint density at radius 1 is 1.04 bits per heavy atom. The Balaban J connectivity index is 2.06. The third-order valence-corrected chi connectivity index (χ3v) is 4.06. The van der Waals surface area contributed by atoms with E-state index in [-0.39, 0.29) is 17.7 Å². The quantitative estimate of drug-likeness (QED) is 0.846. The molecule has 126 valence electrons. The summed E-state index contributed by atoms with van der Waals surface area (Å²) in [4.78, 5) is 24.6. The van der Waals surface area contributed by atoms with Crippen LogP contribution in [-0.2, 0) is 11.3 Å². The molecule has 0 spiro atoms. The molecule has 24 heavy (non-hydrogen) atoms. The van der Waals surface area contributed by atoms with E-state index in [4.69, 9.17) is 0 Å². The summed E-state index contributed by atoms with van der Waals surface area (Å²) >= 11 is 0. The number of carbonyl (C=O) groups is 2. The van der Waals surface area contributed by atoms with Crippen molar-refractivity contribution >= 4 is 17.5 Å². The largest absolute Gasteiger partial charge is 0.348 e. The van der Waals surface area contributed by atoms with E-state index in [2.05, 4.69) is 10.6 Å². The lowest BCUT2D eigenvalue weighted by Crippen LogP contribution is -2.26. The molecule has 2 aromatic rings. The molecule has 0 saturated heterocycles. The highest BCUT2D eigenvalue weighted by atomic mass is 16.2. The second kappa shape index (κ2) is 8.29. The average Bonchev–Trinajstić information content (AvgIpc) is 2.60. The smallest absolute Gasteiger partial charge is 0.253 e. The summed E-state index contributed by atoms with van der Waals surface area (Å²) in [6.07, 6.45) is 0.758. The fourth-order valence-electron chi connectivity index (χ4n) is 2.21. The lowest BCUT2D eigenvalue weighted by Gasteiger charge is -2.14. The van der Waals surface area contributed by atoms with Gasteiger partial charge < -0.3 is 10.6 Å². The van der Waals surface area contributed by atoms with Gasteiger partial charge in [0.15, 0.2) is 0 Å². The van der Waals surface area contributed by atoms with Gasteiger partial charge in [0.05, 0.1) is 11.3 Å². The van der Waals surface area contributed by atoms with Crippen LogP contribution in [0.1, 0.15) is 41.8 Å². The third-order valence-electron chi connectivity index (χ3n) is 4.06. The van der Waals surface area contributed by atoms with Gasteiger partial charge in [-0.25, -0.2) is 0 Å². The predicted octanol–water partition coefficient (Wildman–Crippen LogP) is 3.91. The van der Waals surface area contributed by atoms with Gasteiger partial charge in [-0.3, -0.25) is 9.59 Å². The van der Waals surface area contributed by atoms with Crippen molar-refractivity contribution < 1.29 is 9.59 Å². The molecule has 0 saturated carbocycles. The molecule has 0 aliphatic rings. The fourth-order valence-corrected chi connectivity index (χ4v) is 2.21. The van der Waals surface area contributed by atoms with Crippen LogP contribution in [-0.4, -0.2) is 11.8 Å². The van der Waals surface area contributed by atoms with E-state index in [0.29, 0.717) is 17.8 Å². The molecule has 4 nitrogen and oxygen atoms in total. The lowest BCUT2D eigenvalue weighted by molar-refractivity contribution is -0.119. The van der Waals surface area contributed by atoms with Crippen molar-refractivity contribution in [2.24, 2.45) is 5.92 Å². The Hall–Kier alpha value is -2.62. The molecular formula is C20H24N2O2. The molecule has 0 aliphatic carbocycles. The predicted molar refractivity (Wildman–Crippen MR) is 96.9 cm³/mol. The first-order valence-electron chi connectivity index (χ1n) is 8.25. The van der Waals surface area contributed by atoms with E-state index in [0.717, 1.165) is 12.0 Å². The normalized spacial score (nSPS) is 11.6. The van der Waals surface area contributed by atoms with Crippen molar-refractivity contribution in [2.75, 3.05) is 5.32 Å². The minimum absolute atomic E-state index is 0.0729. The van der Waals surface area contributed by atoms with Gasteiger partial charge in [0.1, 0.15) is 0 Å². The molecule has 4 heteroatoms. The Bertz CT molecular complexity index is 708. The zero-order valence-electron chi connectivity index (χ0n) is 14.4. The van der Waals surface area contributed by atoms with Crippen LogP contribution >= 0.6 is 0 Å². The molecule has 1 unspecified atom stereocenters. The van der Waals surface area contributed by atoms with E-state index in [1.54, 1.807) is 18.2 Å². The summed E-state index contributed by atoms with van der Waals surface area (Å²) in [6.45, 7) is 6.31. The molecule has 1 atom stereocenters. The highest BCUT2D eigenvalue weighted by Crippen LogP contribution is 2.17. The zero-order chi connectivity index (χ0) is 17.5. The molecule has 0 aliphatic heterocycles. The van der Waals surface area contributed by atoms with E-state index in [9.17, 15) is 9.59 Å². The van der Waals surface area contributed by atoms with Crippen LogP contribution in [0.3, 0.4) is 0 Å². The summed E-state index contributed by atoms with van der Waals surface area (Å²) < 4.78 is 0. The summed E-state index contributed by atoms with van der Waals surface area (Å²) in [5.41, 5.74) is 3.24. The van der Waals surface area contributed by atoms with Crippen molar-refractivity contribution in [1.82, 2.24) is 5.32 Å². The molecule has 2 rings (SSSR count). The van der Waals surface area contributed by atoms with Crippen LogP contribution in [0.25, 0.3) is 0 Å². The van der Waals surface area contributed by atoms with Crippen LogP contribution in [0.4, 0.5) is 5.69 Å². The van der Waals surface area contributed by atoms with Gasteiger partial charge in [-0.05, 0) is 31.0 Å². The monoisotopic (exact) mass is 324 g/mol. The van der Waals surface area contributed by atoms with E-state index in [1.807, 2.05) is 51.1 Å². The molecule has 0 bridgehead atoms. The fraction of sp³-hybridized carbons (Fsp3) is 0.300. The van der Waals surface area contributed by atoms with Gasteiger partial charge in [0.25, 0.3) is 5.91 Å². The maximum absolute atomic E-state index is 12.5. The second-order valence-corrected chi connectivity index (χ2v) is 6.01. The van der Waals surface area contributed by atoms with Crippen LogP contribution < -0.4 is 10.6 Å². The van der Waals surface area contributed by atoms with Crippen LogP contribution in [0.5, 0.6) is 0 Å². The van der Waals surface area contributed by atoms with Crippen molar-refractivity contribution in [3.8, 4) is 0 Å². The van der Waals surface area contributed by atoms with Crippen molar-refractivity contribution in [1.29, 1.82) is 0 Å². The van der Waals surface area contributed by atoms with Gasteiger partial charge in [-0.2, -0.15) is 0 Å². The summed E-state index contributed by atoms with van der Waals surface area (Å²) in [7, 11) is 0. The minimum atomic E-state index is -0.198. The van der Waals surface area contributed by atoms with Gasteiger partial charge in [0.2, 0.25) is 5.91 Å². The first-order valence-corrected chi connectivity index (χ1v) is 8.25. The molecular weight excluding hydrogens is 300 g/mol. The number of rotatable bonds is 6. The van der Waals surface area contributed by atoms with E-state index < -0.39 is 0 Å². The van der Waals surface area contributed by atoms with Crippen LogP contribution in [0.15, 0.2) is 48.5 Å². The zero-order valence-corrected chi connectivity index (χ0v) is 14.4. The van der Waals surface area contributed by atoms with Gasteiger partial charge in [-0.1, -0.05) is 55.8 Å². The highest BCUT2D eigenvalue weighted by Gasteiger charge is 2.15. The number of carbonyl (C=O) groups excluding carboxylic acids is 2. The highest BCUT2D eigenvalue weighted by molar-refractivity contribution is 6.04. The molecule has 0 aromatic heterocycles. The van der Waals surface area contributed by atoms with E-state index >= 15 is 0 Å². The molecule has 2 N–H and O–H groups in total. The molecule has 2 amide bonds. The maximum Gasteiger partial charge on any atom is 0.253 e. The summed E-state index contributed by atoms with van der Waals surface area (Å²) in [5.74, 6) is -0.361. The molecule has 0 fully saturated rings. The molecule has 0 heterocycles. The number of nitrogens with one attached hydrogen (secondary N) is 2. The number of hydrogen-bond acceptors (Lipinski definition) is 2. The van der Waals surface area contributed by atoms with Crippen molar-refractivity contribution in [3.05, 3.63) is 65.2 Å². The Morgan fingerprint density at radius 3 is 2.38 bits per heavy atom. The SMILES string of the molecule is CCC(C)C(=O)Nc1ccccc1C(=O)NCc1ccc(C)cc1. The summed E-state index contributed by atoms with van der Waals surface area (Å²) in [5, 5.41) is 5.75. The number of amides is 2. The molecule has 2 aromatic carbocycles. The van der Waals surface area contributed by atoms with E-state index in [1.165, 1.54) is 5.56 Å². The summed E-state index contributed by atoms with van der Waals surface area (Å²) in [6, 6.07) is 15.1.